The van der Waals surface area contributed by atoms with Gasteiger partial charge < -0.3 is 32.9 Å². The average molecular weight is 1180 g/mol. The van der Waals surface area contributed by atoms with Gasteiger partial charge in [-0.25, -0.2) is 24.0 Å². The summed E-state index contributed by atoms with van der Waals surface area (Å²) in [6.45, 7) is 25.3. The number of rotatable bonds is 14. The Balaban J connectivity index is 0.000000308. The van der Waals surface area contributed by atoms with E-state index >= 15 is 0 Å². The lowest BCUT2D eigenvalue weighted by atomic mass is 9.93. The Morgan fingerprint density at radius 2 is 1.00 bits per heavy atom. The van der Waals surface area contributed by atoms with E-state index in [9.17, 15) is 28.8 Å². The van der Waals surface area contributed by atoms with Crippen molar-refractivity contribution in [2.24, 2.45) is 17.0 Å². The summed E-state index contributed by atoms with van der Waals surface area (Å²) in [5, 5.41) is 12.0. The molecule has 1 amide bonds. The van der Waals surface area contributed by atoms with Gasteiger partial charge in [0.2, 0.25) is 5.91 Å². The van der Waals surface area contributed by atoms with Crippen molar-refractivity contribution >= 4 is 52.4 Å². The van der Waals surface area contributed by atoms with E-state index in [4.69, 9.17) is 38.4 Å². The molecule has 0 aromatic heterocycles. The van der Waals surface area contributed by atoms with Crippen LogP contribution in [0.25, 0.3) is 10.4 Å². The van der Waals surface area contributed by atoms with Crippen molar-refractivity contribution in [3.05, 3.63) is 189 Å². The number of ether oxygens (including phenoxy) is 4. The topological polar surface area (TPSA) is 227 Å². The molecule has 0 saturated carbocycles. The highest BCUT2D eigenvalue weighted by molar-refractivity contribution is 6.75. The quantitative estimate of drug-likeness (QED) is 0.0181. The highest BCUT2D eigenvalue weighted by Gasteiger charge is 2.42. The van der Waals surface area contributed by atoms with Gasteiger partial charge >= 0.3 is 29.8 Å². The summed E-state index contributed by atoms with van der Waals surface area (Å²) in [5.74, 6) is -3.08. The van der Waals surface area contributed by atoms with Crippen LogP contribution in [0.5, 0.6) is 11.5 Å². The minimum Gasteiger partial charge on any atom is -0.543 e. The van der Waals surface area contributed by atoms with Crippen LogP contribution in [-0.4, -0.2) is 81.9 Å². The number of nitrogens with zero attached hydrogens (tertiary/aromatic N) is 3. The molecule has 0 radical (unpaired) electrons. The predicted octanol–water partition coefficient (Wildman–Crippen LogP) is 15.5. The van der Waals surface area contributed by atoms with Gasteiger partial charge in [-0.15, -0.1) is 0 Å². The van der Waals surface area contributed by atoms with Crippen LogP contribution in [-0.2, 0) is 41.4 Å². The van der Waals surface area contributed by atoms with E-state index in [0.717, 1.165) is 23.3 Å². The fourth-order valence-corrected chi connectivity index (χ4v) is 10.8. The van der Waals surface area contributed by atoms with Crippen molar-refractivity contribution in [3.8, 4) is 11.5 Å². The second-order valence-electron chi connectivity index (χ2n) is 24.4. The standard InChI is InChI=1S/C33H41N3O6Si.C33H42O7Si/c1-23-14-10-11-15-24-18-12-20-27(42-43(5,6)33(2,3)4)30(24)32(39)40-26(19-13-21-29(37)35-36-34)22-28(23)41-31(38)25-16-8-7-9-17-25;1-23-14-10-11-15-24-18-12-20-27(40-41(5,6)33(2,3)4)30(24)32(37)38-26(19-13-21-29(34)35)22-28(23)39-31(36)25-16-8-7-9-17-25/h7-13,16-18,20-21,23,26,28H,14-15,19,22H2,1-6H3;7-13,16-18,20-21,23,26,28H,14-15,19,22H2,1-6H3,(H,34,35)/b2*11-10+,21-13+/t2*23-,26-,28+/m00/s1. The third-order valence-electron chi connectivity index (χ3n) is 15.8. The lowest BCUT2D eigenvalue weighted by molar-refractivity contribution is -0.131. The Kier molecular flexibility index (Phi) is 24.5. The molecular weight excluding hydrogens is 1100 g/mol. The maximum absolute atomic E-state index is 13.9. The van der Waals surface area contributed by atoms with Gasteiger partial charge in [-0.05, 0) is 138 Å². The molecule has 4 aromatic carbocycles. The van der Waals surface area contributed by atoms with Gasteiger partial charge in [-0.3, -0.25) is 4.79 Å². The smallest absolute Gasteiger partial charge is 0.342 e. The number of azide groups is 1. The molecule has 0 unspecified atom stereocenters. The molecular formula is C66H83N3O13Si2. The molecule has 0 spiro atoms. The normalized spacial score (nSPS) is 20.8. The number of esters is 4. The first-order chi connectivity index (χ1) is 39.6. The number of allylic oxidation sites excluding steroid dienone is 4. The van der Waals surface area contributed by atoms with Crippen LogP contribution in [0.1, 0.15) is 146 Å². The average Bonchev–Trinajstić information content (AvgIpc) is 2.67. The molecule has 0 bridgehead atoms. The van der Waals surface area contributed by atoms with Crippen molar-refractivity contribution in [1.29, 1.82) is 0 Å². The van der Waals surface area contributed by atoms with Crippen molar-refractivity contribution in [2.45, 2.75) is 167 Å². The van der Waals surface area contributed by atoms with Crippen LogP contribution < -0.4 is 8.85 Å². The van der Waals surface area contributed by atoms with E-state index in [1.165, 1.54) is 12.2 Å². The van der Waals surface area contributed by atoms with Gasteiger partial charge in [0.05, 0.1) is 11.1 Å². The van der Waals surface area contributed by atoms with Crippen molar-refractivity contribution in [1.82, 2.24) is 0 Å². The molecule has 2 heterocycles. The molecule has 6 atom stereocenters. The number of benzene rings is 4. The first-order valence-corrected chi connectivity index (χ1v) is 34.4. The van der Waals surface area contributed by atoms with Crippen LogP contribution in [0.15, 0.2) is 151 Å². The van der Waals surface area contributed by atoms with Gasteiger partial charge in [0.1, 0.15) is 47.0 Å². The second-order valence-corrected chi connectivity index (χ2v) is 33.8. The zero-order chi connectivity index (χ0) is 61.8. The van der Waals surface area contributed by atoms with Gasteiger partial charge in [-0.2, -0.15) is 0 Å². The molecule has 4 aromatic rings. The SMILES string of the molecule is C[C@H]1C/C=C/Cc2cccc(O[Si](C)(C)C(C)(C)C)c2C(=O)O[C@@H](C/C=C/C(=O)N=[N+]=[N-])C[C@H]1OC(=O)c1ccccc1.C[C@H]1C/C=C/Cc2cccc(O[Si](C)(C)C(C)(C)C)c2C(=O)O[C@@H](C/C=C/C(=O)O)C[C@H]1OC(=O)c1ccccc1. The Morgan fingerprint density at radius 3 is 1.37 bits per heavy atom. The minimum absolute atomic E-state index is 0.0734. The number of cyclic esters (lactones) is 2. The zero-order valence-corrected chi connectivity index (χ0v) is 52.7. The van der Waals surface area contributed by atoms with Crippen LogP contribution in [0.2, 0.25) is 36.3 Å². The molecule has 18 heteroatoms. The number of aliphatic carboxylic acids is 1. The highest BCUT2D eigenvalue weighted by Crippen LogP contribution is 2.41. The Bertz CT molecular complexity index is 3100. The van der Waals surface area contributed by atoms with Gasteiger partial charge in [0.15, 0.2) is 0 Å². The minimum atomic E-state index is -2.31. The molecule has 84 heavy (non-hydrogen) atoms. The Labute approximate surface area is 497 Å². The number of carbonyl (C=O) groups excluding carboxylic acids is 5. The lowest BCUT2D eigenvalue weighted by Gasteiger charge is -2.37. The Morgan fingerprint density at radius 1 is 0.607 bits per heavy atom. The van der Waals surface area contributed by atoms with E-state index in [1.807, 2.05) is 80.6 Å². The molecule has 448 valence electrons. The monoisotopic (exact) mass is 1180 g/mol. The molecule has 16 nitrogen and oxygen atoms in total. The molecule has 6 rings (SSSR count). The van der Waals surface area contributed by atoms with Gasteiger partial charge in [-0.1, -0.05) is 153 Å². The number of fused-ring (bicyclic) bond motifs is 2. The van der Waals surface area contributed by atoms with Gasteiger partial charge in [0, 0.05) is 36.7 Å². The maximum Gasteiger partial charge on any atom is 0.342 e. The zero-order valence-electron chi connectivity index (χ0n) is 50.7. The summed E-state index contributed by atoms with van der Waals surface area (Å²) in [6.07, 6.45) is 13.6. The van der Waals surface area contributed by atoms with E-state index in [2.05, 4.69) is 77.8 Å². The Hall–Kier alpha value is -7.80. The molecule has 2 aliphatic heterocycles. The van der Waals surface area contributed by atoms with Crippen molar-refractivity contribution < 1.29 is 61.7 Å². The number of hydrogen-bond donors (Lipinski definition) is 1. The molecule has 0 aliphatic carbocycles. The second kappa shape index (κ2) is 30.7. The molecule has 1 N–H and O–H groups in total. The molecule has 2 aliphatic rings. The van der Waals surface area contributed by atoms with Gasteiger partial charge in [0.25, 0.3) is 16.6 Å². The fourth-order valence-electron chi connectivity index (χ4n) is 8.72. The van der Waals surface area contributed by atoms with E-state index in [0.29, 0.717) is 59.4 Å². The predicted molar refractivity (Wildman–Crippen MR) is 330 cm³/mol. The van der Waals surface area contributed by atoms with E-state index in [1.54, 1.807) is 54.6 Å². The third-order valence-corrected chi connectivity index (χ3v) is 24.5. The summed E-state index contributed by atoms with van der Waals surface area (Å²) in [6, 6.07) is 28.6. The summed E-state index contributed by atoms with van der Waals surface area (Å²) in [7, 11) is -4.59. The molecule has 0 fully saturated rings. The van der Waals surface area contributed by atoms with Crippen LogP contribution in [0.3, 0.4) is 0 Å². The summed E-state index contributed by atoms with van der Waals surface area (Å²) < 4.78 is 37.3. The number of carboxylic acids is 1. The van der Waals surface area contributed by atoms with E-state index < -0.39 is 76.8 Å². The first kappa shape index (κ1) is 67.0. The maximum atomic E-state index is 13.9. The van der Waals surface area contributed by atoms with Crippen molar-refractivity contribution in [3.63, 3.8) is 0 Å². The fraction of sp³-hybridized carbons (Fsp3) is 0.424. The number of carboxylic acid groups (broad SMARTS) is 1. The van der Waals surface area contributed by atoms with Crippen LogP contribution in [0.4, 0.5) is 0 Å². The van der Waals surface area contributed by atoms with Crippen LogP contribution in [0, 0.1) is 11.8 Å². The number of hydrogen-bond acceptors (Lipinski definition) is 12. The molecule has 0 saturated heterocycles. The number of carbonyl (C=O) groups is 6. The first-order valence-electron chi connectivity index (χ1n) is 28.6. The highest BCUT2D eigenvalue weighted by atomic mass is 28.4. The lowest BCUT2D eigenvalue weighted by Crippen LogP contribution is -2.44. The summed E-state index contributed by atoms with van der Waals surface area (Å²) in [4.78, 5) is 79.3. The van der Waals surface area contributed by atoms with Crippen molar-refractivity contribution in [2.75, 3.05) is 0 Å². The third kappa shape index (κ3) is 19.9. The summed E-state index contributed by atoms with van der Waals surface area (Å²) >= 11 is 0. The summed E-state index contributed by atoms with van der Waals surface area (Å²) in [5.41, 5.74) is 11.7. The largest absolute Gasteiger partial charge is 0.543 e. The number of amides is 1. The van der Waals surface area contributed by atoms with Crippen LogP contribution >= 0.6 is 0 Å². The van der Waals surface area contributed by atoms with E-state index in [-0.39, 0.29) is 47.6 Å².